The van der Waals surface area contributed by atoms with Gasteiger partial charge in [-0.1, -0.05) is 6.07 Å². The average molecular weight is 310 g/mol. The molecule has 7 nitrogen and oxygen atoms in total. The molecule has 0 atom stereocenters. The number of hydrogen-bond donors (Lipinski definition) is 3. The molecule has 1 fully saturated rings. The molecule has 1 aromatic carbocycles. The number of hydrogen-bond acceptors (Lipinski definition) is 4. The van der Waals surface area contributed by atoms with Crippen LogP contribution in [0, 0.1) is 0 Å². The molecule has 112 valence electrons. The summed E-state index contributed by atoms with van der Waals surface area (Å²) in [4.78, 5) is 21.8. The zero-order chi connectivity index (χ0) is 15.5. The van der Waals surface area contributed by atoms with Crippen molar-refractivity contribution in [1.82, 2.24) is 4.72 Å². The van der Waals surface area contributed by atoms with Crippen molar-refractivity contribution in [2.75, 3.05) is 5.32 Å². The van der Waals surface area contributed by atoms with Gasteiger partial charge in [-0.3, -0.25) is 4.79 Å². The minimum atomic E-state index is -3.59. The first-order valence-corrected chi connectivity index (χ1v) is 7.69. The van der Waals surface area contributed by atoms with E-state index in [2.05, 4.69) is 10.0 Å². The minimum absolute atomic E-state index is 0.00764. The number of aliphatic carboxylic acids is 1. The second-order valence-electron chi connectivity index (χ2n) is 4.58. The molecule has 0 aliphatic heterocycles. The first kappa shape index (κ1) is 15.2. The largest absolute Gasteiger partial charge is 0.478 e. The zero-order valence-electron chi connectivity index (χ0n) is 10.9. The van der Waals surface area contributed by atoms with Gasteiger partial charge in [0.15, 0.2) is 0 Å². The summed E-state index contributed by atoms with van der Waals surface area (Å²) in [5.74, 6) is -1.89. The van der Waals surface area contributed by atoms with Crippen molar-refractivity contribution in [3.63, 3.8) is 0 Å². The summed E-state index contributed by atoms with van der Waals surface area (Å²) in [6.45, 7) is 0. The second kappa shape index (κ2) is 6.06. The predicted octanol–water partition coefficient (Wildman–Crippen LogP) is 0.707. The molecule has 8 heteroatoms. The van der Waals surface area contributed by atoms with Crippen LogP contribution in [0.15, 0.2) is 41.3 Å². The number of sulfonamides is 1. The molecule has 0 saturated heterocycles. The van der Waals surface area contributed by atoms with E-state index >= 15 is 0 Å². The Kier molecular flexibility index (Phi) is 4.39. The highest BCUT2D eigenvalue weighted by atomic mass is 32.2. The van der Waals surface area contributed by atoms with Gasteiger partial charge in [0.05, 0.1) is 4.90 Å². The second-order valence-corrected chi connectivity index (χ2v) is 6.30. The number of benzene rings is 1. The number of nitrogens with one attached hydrogen (secondary N) is 2. The fraction of sp³-hybridized carbons (Fsp3) is 0.231. The first-order chi connectivity index (χ1) is 9.87. The van der Waals surface area contributed by atoms with E-state index in [1.54, 1.807) is 0 Å². The van der Waals surface area contributed by atoms with E-state index in [-0.39, 0.29) is 16.6 Å². The fourth-order valence-corrected chi connectivity index (χ4v) is 2.91. The van der Waals surface area contributed by atoms with Gasteiger partial charge in [0.25, 0.3) is 0 Å². The van der Waals surface area contributed by atoms with Crippen molar-refractivity contribution >= 4 is 27.6 Å². The highest BCUT2D eigenvalue weighted by Gasteiger charge is 2.28. The number of rotatable bonds is 6. The van der Waals surface area contributed by atoms with Crippen LogP contribution in [-0.2, 0) is 19.6 Å². The van der Waals surface area contributed by atoms with Crippen LogP contribution in [0.2, 0.25) is 0 Å². The highest BCUT2D eigenvalue weighted by Crippen LogP contribution is 2.23. The molecule has 1 saturated carbocycles. The molecule has 0 spiro atoms. The Morgan fingerprint density at radius 1 is 1.24 bits per heavy atom. The molecule has 0 unspecified atom stereocenters. The Bertz CT molecular complexity index is 692. The average Bonchev–Trinajstić information content (AvgIpc) is 3.20. The summed E-state index contributed by atoms with van der Waals surface area (Å²) in [7, 11) is -3.59. The Hall–Kier alpha value is -2.19. The molecule has 1 aliphatic carbocycles. The number of carbonyl (C=O) groups excluding carboxylic acids is 1. The van der Waals surface area contributed by atoms with Crippen molar-refractivity contribution < 1.29 is 23.1 Å². The Morgan fingerprint density at radius 3 is 2.57 bits per heavy atom. The van der Waals surface area contributed by atoms with E-state index in [4.69, 9.17) is 5.11 Å². The monoisotopic (exact) mass is 310 g/mol. The molecule has 3 N–H and O–H groups in total. The molecular weight excluding hydrogens is 296 g/mol. The van der Waals surface area contributed by atoms with Crippen LogP contribution < -0.4 is 10.0 Å². The van der Waals surface area contributed by atoms with E-state index in [0.29, 0.717) is 6.08 Å². The van der Waals surface area contributed by atoms with E-state index in [1.165, 1.54) is 24.3 Å². The first-order valence-electron chi connectivity index (χ1n) is 6.21. The summed E-state index contributed by atoms with van der Waals surface area (Å²) < 4.78 is 26.6. The van der Waals surface area contributed by atoms with Crippen LogP contribution >= 0.6 is 0 Å². The van der Waals surface area contributed by atoms with Crippen molar-refractivity contribution in [2.45, 2.75) is 23.8 Å². The summed E-state index contributed by atoms with van der Waals surface area (Å²) in [6.07, 6.45) is 3.21. The molecule has 0 bridgehead atoms. The molecule has 21 heavy (non-hydrogen) atoms. The van der Waals surface area contributed by atoms with E-state index in [9.17, 15) is 18.0 Å². The zero-order valence-corrected chi connectivity index (χ0v) is 11.8. The highest BCUT2D eigenvalue weighted by molar-refractivity contribution is 7.89. The van der Waals surface area contributed by atoms with Gasteiger partial charge in [-0.2, -0.15) is 0 Å². The molecule has 0 heterocycles. The topological polar surface area (TPSA) is 113 Å². The van der Waals surface area contributed by atoms with E-state index < -0.39 is 21.9 Å². The third-order valence-electron chi connectivity index (χ3n) is 2.69. The van der Waals surface area contributed by atoms with Crippen LogP contribution in [0.1, 0.15) is 12.8 Å². The lowest BCUT2D eigenvalue weighted by Gasteiger charge is -2.07. The van der Waals surface area contributed by atoms with Crippen LogP contribution in [0.5, 0.6) is 0 Å². The fourth-order valence-electron chi connectivity index (χ4n) is 1.56. The molecular formula is C13H14N2O5S. The molecule has 1 aromatic rings. The summed E-state index contributed by atoms with van der Waals surface area (Å²) in [5.41, 5.74) is 0.272. The smallest absolute Gasteiger partial charge is 0.328 e. The Balaban J connectivity index is 2.10. The van der Waals surface area contributed by atoms with Gasteiger partial charge in [0, 0.05) is 23.9 Å². The Morgan fingerprint density at radius 2 is 1.95 bits per heavy atom. The van der Waals surface area contributed by atoms with Crippen LogP contribution in [0.4, 0.5) is 5.69 Å². The van der Waals surface area contributed by atoms with Gasteiger partial charge in [-0.05, 0) is 31.0 Å². The van der Waals surface area contributed by atoms with Crippen LogP contribution in [-0.4, -0.2) is 31.4 Å². The molecule has 1 aliphatic rings. The molecule has 1 amide bonds. The number of carboxylic acids is 1. The van der Waals surface area contributed by atoms with Crippen molar-refractivity contribution in [3.05, 3.63) is 36.4 Å². The number of carbonyl (C=O) groups is 2. The summed E-state index contributed by atoms with van der Waals surface area (Å²) in [6, 6.07) is 5.75. The van der Waals surface area contributed by atoms with Gasteiger partial charge >= 0.3 is 5.97 Å². The van der Waals surface area contributed by atoms with Crippen LogP contribution in [0.25, 0.3) is 0 Å². The number of carboxylic acid groups (broad SMARTS) is 1. The van der Waals surface area contributed by atoms with Gasteiger partial charge in [-0.25, -0.2) is 17.9 Å². The van der Waals surface area contributed by atoms with Crippen molar-refractivity contribution in [2.24, 2.45) is 0 Å². The lowest BCUT2D eigenvalue weighted by molar-refractivity contribution is -0.131. The maximum absolute atomic E-state index is 12.0. The van der Waals surface area contributed by atoms with Gasteiger partial charge in [0.2, 0.25) is 15.9 Å². The van der Waals surface area contributed by atoms with Crippen molar-refractivity contribution in [3.8, 4) is 0 Å². The van der Waals surface area contributed by atoms with Gasteiger partial charge in [-0.15, -0.1) is 0 Å². The van der Waals surface area contributed by atoms with E-state index in [0.717, 1.165) is 18.9 Å². The van der Waals surface area contributed by atoms with Crippen molar-refractivity contribution in [1.29, 1.82) is 0 Å². The molecule has 2 rings (SSSR count). The minimum Gasteiger partial charge on any atom is -0.478 e. The van der Waals surface area contributed by atoms with Gasteiger partial charge in [0.1, 0.15) is 0 Å². The van der Waals surface area contributed by atoms with E-state index in [1.807, 2.05) is 0 Å². The third-order valence-corrected chi connectivity index (χ3v) is 4.21. The van der Waals surface area contributed by atoms with Gasteiger partial charge < -0.3 is 10.4 Å². The molecule has 0 aromatic heterocycles. The Labute approximate surface area is 121 Å². The number of anilines is 1. The third kappa shape index (κ3) is 4.69. The lowest BCUT2D eigenvalue weighted by atomic mass is 10.3. The molecule has 0 radical (unpaired) electrons. The number of amides is 1. The lowest BCUT2D eigenvalue weighted by Crippen LogP contribution is -2.25. The predicted molar refractivity (Wildman–Crippen MR) is 75.2 cm³/mol. The SMILES string of the molecule is O=C(O)/C=C/C(=O)Nc1cccc(S(=O)(=O)NC2CC2)c1. The maximum Gasteiger partial charge on any atom is 0.328 e. The van der Waals surface area contributed by atoms with Crippen LogP contribution in [0.3, 0.4) is 0 Å². The maximum atomic E-state index is 12.0. The quantitative estimate of drug-likeness (QED) is 0.670. The normalized spacial score (nSPS) is 15.0. The summed E-state index contributed by atoms with van der Waals surface area (Å²) in [5, 5.41) is 10.8. The standard InChI is InChI=1S/C13H14N2O5S/c16-12(6-7-13(17)18)14-10-2-1-3-11(8-10)21(19,20)15-9-4-5-9/h1-3,6-9,15H,4-5H2,(H,14,16)(H,17,18)/b7-6+. The summed E-state index contributed by atoms with van der Waals surface area (Å²) >= 11 is 0.